The first-order chi connectivity index (χ1) is 7.49. The van der Waals surface area contributed by atoms with Gasteiger partial charge in [-0.2, -0.15) is 0 Å². The van der Waals surface area contributed by atoms with Gasteiger partial charge in [-0.15, -0.1) is 0 Å². The maximum absolute atomic E-state index is 11.5. The van der Waals surface area contributed by atoms with Gasteiger partial charge in [0.2, 0.25) is 0 Å². The molecule has 2 saturated heterocycles. The van der Waals surface area contributed by atoms with Crippen LogP contribution in [0.15, 0.2) is 0 Å². The van der Waals surface area contributed by atoms with Crippen LogP contribution in [-0.4, -0.2) is 44.7 Å². The number of hydrogen-bond donors (Lipinski definition) is 1. The molecule has 2 heterocycles. The number of rotatable bonds is 2. The summed E-state index contributed by atoms with van der Waals surface area (Å²) in [6, 6.07) is 0.417. The molecule has 16 heavy (non-hydrogen) atoms. The minimum atomic E-state index is -2.81. The summed E-state index contributed by atoms with van der Waals surface area (Å²) in [5.74, 6) is 0.622. The summed E-state index contributed by atoms with van der Waals surface area (Å²) in [6.45, 7) is 3.66. The highest BCUT2D eigenvalue weighted by molar-refractivity contribution is 7.91. The van der Waals surface area contributed by atoms with Gasteiger partial charge in [0.15, 0.2) is 9.84 Å². The van der Waals surface area contributed by atoms with Crippen molar-refractivity contribution in [3.05, 3.63) is 0 Å². The summed E-state index contributed by atoms with van der Waals surface area (Å²) < 4.78 is 28.4. The summed E-state index contributed by atoms with van der Waals surface area (Å²) in [5, 5.41) is 3.53. The second-order valence-electron chi connectivity index (χ2n) is 5.29. The smallest absolute Gasteiger partial charge is 0.152 e. The van der Waals surface area contributed by atoms with Gasteiger partial charge in [0.1, 0.15) is 0 Å². The van der Waals surface area contributed by atoms with Gasteiger partial charge in [-0.1, -0.05) is 0 Å². The van der Waals surface area contributed by atoms with E-state index >= 15 is 0 Å². The van der Waals surface area contributed by atoms with Crippen LogP contribution in [0.25, 0.3) is 0 Å². The molecule has 2 fully saturated rings. The Morgan fingerprint density at radius 3 is 2.81 bits per heavy atom. The van der Waals surface area contributed by atoms with Crippen LogP contribution in [0.1, 0.15) is 32.6 Å². The van der Waals surface area contributed by atoms with E-state index in [4.69, 9.17) is 4.74 Å². The molecule has 0 bridgehead atoms. The summed E-state index contributed by atoms with van der Waals surface area (Å²) in [7, 11) is -2.81. The maximum Gasteiger partial charge on any atom is 0.152 e. The van der Waals surface area contributed by atoms with E-state index in [1.54, 1.807) is 0 Å². The standard InChI is InChI=1S/C11H21NO3S/c1-11(5-8-16(13,14)9-11)12-10-3-2-6-15-7-4-10/h10,12H,2-9H2,1H3. The Bertz CT molecular complexity index is 333. The SMILES string of the molecule is CC1(NC2CCCOCC2)CCS(=O)(=O)C1. The molecule has 0 aliphatic carbocycles. The second-order valence-corrected chi connectivity index (χ2v) is 7.47. The first kappa shape index (κ1) is 12.3. The van der Waals surface area contributed by atoms with Crippen molar-refractivity contribution >= 4 is 9.84 Å². The summed E-state index contributed by atoms with van der Waals surface area (Å²) in [5.41, 5.74) is -0.214. The third-order valence-corrected chi connectivity index (χ3v) is 5.41. The molecule has 1 N–H and O–H groups in total. The molecule has 0 aromatic carbocycles. The fraction of sp³-hybridized carbons (Fsp3) is 1.00. The van der Waals surface area contributed by atoms with E-state index in [2.05, 4.69) is 5.32 Å². The van der Waals surface area contributed by atoms with Crippen molar-refractivity contribution in [2.24, 2.45) is 0 Å². The molecule has 0 saturated carbocycles. The highest BCUT2D eigenvalue weighted by atomic mass is 32.2. The lowest BCUT2D eigenvalue weighted by Gasteiger charge is -2.29. The molecular weight excluding hydrogens is 226 g/mol. The molecule has 94 valence electrons. The average Bonchev–Trinajstić information content (AvgIpc) is 2.42. The Labute approximate surface area is 97.7 Å². The fourth-order valence-electron chi connectivity index (χ4n) is 2.67. The van der Waals surface area contributed by atoms with E-state index in [1.165, 1.54) is 0 Å². The number of hydrogen-bond acceptors (Lipinski definition) is 4. The molecule has 0 spiro atoms. The summed E-state index contributed by atoms with van der Waals surface area (Å²) >= 11 is 0. The predicted molar refractivity (Wildman–Crippen MR) is 63.3 cm³/mol. The summed E-state index contributed by atoms with van der Waals surface area (Å²) in [6.07, 6.45) is 3.90. The van der Waals surface area contributed by atoms with Crippen molar-refractivity contribution in [2.45, 2.75) is 44.2 Å². The zero-order valence-corrected chi connectivity index (χ0v) is 10.7. The highest BCUT2D eigenvalue weighted by Gasteiger charge is 2.39. The van der Waals surface area contributed by atoms with E-state index in [0.29, 0.717) is 11.8 Å². The lowest BCUT2D eigenvalue weighted by Crippen LogP contribution is -2.49. The number of nitrogens with one attached hydrogen (secondary N) is 1. The van der Waals surface area contributed by atoms with Gasteiger partial charge in [-0.3, -0.25) is 0 Å². The molecular formula is C11H21NO3S. The molecule has 2 rings (SSSR count). The fourth-order valence-corrected chi connectivity index (χ4v) is 4.77. The van der Waals surface area contributed by atoms with E-state index in [9.17, 15) is 8.42 Å². The molecule has 5 heteroatoms. The van der Waals surface area contributed by atoms with Crippen LogP contribution in [0.5, 0.6) is 0 Å². The van der Waals surface area contributed by atoms with E-state index in [1.807, 2.05) is 6.92 Å². The minimum absolute atomic E-state index is 0.214. The topological polar surface area (TPSA) is 55.4 Å². The highest BCUT2D eigenvalue weighted by Crippen LogP contribution is 2.25. The first-order valence-corrected chi connectivity index (χ1v) is 7.87. The Hall–Kier alpha value is -0.130. The van der Waals surface area contributed by atoms with Gasteiger partial charge in [-0.05, 0) is 32.6 Å². The van der Waals surface area contributed by atoms with Crippen LogP contribution in [0, 0.1) is 0 Å². The van der Waals surface area contributed by atoms with Crippen LogP contribution in [0.4, 0.5) is 0 Å². The number of sulfone groups is 1. The van der Waals surface area contributed by atoms with Gasteiger partial charge < -0.3 is 10.1 Å². The monoisotopic (exact) mass is 247 g/mol. The Balaban J connectivity index is 1.93. The normalized spacial score (nSPS) is 39.4. The Kier molecular flexibility index (Phi) is 3.56. The lowest BCUT2D eigenvalue weighted by atomic mass is 9.98. The molecule has 4 nitrogen and oxygen atoms in total. The van der Waals surface area contributed by atoms with Crippen molar-refractivity contribution in [1.82, 2.24) is 5.32 Å². The molecule has 2 aliphatic heterocycles. The number of ether oxygens (including phenoxy) is 1. The van der Waals surface area contributed by atoms with Crippen molar-refractivity contribution in [3.63, 3.8) is 0 Å². The van der Waals surface area contributed by atoms with Crippen molar-refractivity contribution in [1.29, 1.82) is 0 Å². The average molecular weight is 247 g/mol. The van der Waals surface area contributed by atoms with Crippen molar-refractivity contribution in [2.75, 3.05) is 24.7 Å². The predicted octanol–water partition coefficient (Wildman–Crippen LogP) is 0.722. The zero-order valence-electron chi connectivity index (χ0n) is 9.87. The van der Waals surface area contributed by atoms with E-state index in [0.717, 1.165) is 38.9 Å². The maximum atomic E-state index is 11.5. The zero-order chi connectivity index (χ0) is 11.6. The van der Waals surface area contributed by atoms with Crippen LogP contribution >= 0.6 is 0 Å². The van der Waals surface area contributed by atoms with E-state index in [-0.39, 0.29) is 11.3 Å². The largest absolute Gasteiger partial charge is 0.381 e. The molecule has 0 amide bonds. The molecule has 0 aromatic heterocycles. The Morgan fingerprint density at radius 2 is 2.12 bits per heavy atom. The molecule has 2 aliphatic rings. The van der Waals surface area contributed by atoms with Crippen LogP contribution in [-0.2, 0) is 14.6 Å². The quantitative estimate of drug-likeness (QED) is 0.781. The first-order valence-electron chi connectivity index (χ1n) is 6.05. The van der Waals surface area contributed by atoms with Gasteiger partial charge in [-0.25, -0.2) is 8.42 Å². The van der Waals surface area contributed by atoms with Gasteiger partial charge in [0.25, 0.3) is 0 Å². The summed E-state index contributed by atoms with van der Waals surface area (Å²) in [4.78, 5) is 0. The Morgan fingerprint density at radius 1 is 1.31 bits per heavy atom. The molecule has 0 radical (unpaired) electrons. The van der Waals surface area contributed by atoms with Crippen LogP contribution in [0.2, 0.25) is 0 Å². The molecule has 0 aromatic rings. The minimum Gasteiger partial charge on any atom is -0.381 e. The van der Waals surface area contributed by atoms with Gasteiger partial charge in [0, 0.05) is 24.8 Å². The van der Waals surface area contributed by atoms with Crippen LogP contribution < -0.4 is 5.32 Å². The van der Waals surface area contributed by atoms with Crippen LogP contribution in [0.3, 0.4) is 0 Å². The van der Waals surface area contributed by atoms with Gasteiger partial charge in [0.05, 0.1) is 11.5 Å². The van der Waals surface area contributed by atoms with E-state index < -0.39 is 9.84 Å². The molecule has 2 unspecified atom stereocenters. The second kappa shape index (κ2) is 4.63. The van der Waals surface area contributed by atoms with Crippen molar-refractivity contribution < 1.29 is 13.2 Å². The van der Waals surface area contributed by atoms with Gasteiger partial charge >= 0.3 is 0 Å². The lowest BCUT2D eigenvalue weighted by molar-refractivity contribution is 0.141. The third kappa shape index (κ3) is 3.18. The third-order valence-electron chi connectivity index (χ3n) is 3.51. The molecule has 2 atom stereocenters. The van der Waals surface area contributed by atoms with Crippen molar-refractivity contribution in [3.8, 4) is 0 Å².